The maximum atomic E-state index is 13.1. The van der Waals surface area contributed by atoms with Gasteiger partial charge in [-0.2, -0.15) is 5.10 Å². The largest absolute Gasteiger partial charge is 0.384 e. The van der Waals surface area contributed by atoms with Gasteiger partial charge in [0.25, 0.3) is 0 Å². The van der Waals surface area contributed by atoms with E-state index in [2.05, 4.69) is 5.10 Å². The molecule has 0 aliphatic heterocycles. The third-order valence-corrected chi connectivity index (χ3v) is 2.50. The van der Waals surface area contributed by atoms with Crippen molar-refractivity contribution in [1.82, 2.24) is 9.78 Å². The molecule has 1 aromatic heterocycles. The summed E-state index contributed by atoms with van der Waals surface area (Å²) >= 11 is 0. The van der Waals surface area contributed by atoms with Crippen molar-refractivity contribution in [2.45, 2.75) is 19.8 Å². The van der Waals surface area contributed by atoms with Crippen molar-refractivity contribution in [3.05, 3.63) is 41.6 Å². The first-order valence-corrected chi connectivity index (χ1v) is 5.30. The van der Waals surface area contributed by atoms with E-state index in [1.54, 1.807) is 6.07 Å². The lowest BCUT2D eigenvalue weighted by Gasteiger charge is -2.04. The number of rotatable bonds is 2. The first-order valence-electron chi connectivity index (χ1n) is 5.30. The Morgan fingerprint density at radius 1 is 1.18 bits per heavy atom. The molecular weight excluding hydrogens is 224 g/mol. The summed E-state index contributed by atoms with van der Waals surface area (Å²) in [6, 6.07) is 5.29. The molecule has 0 fully saturated rings. The molecule has 0 bridgehead atoms. The molecule has 0 radical (unpaired) electrons. The predicted molar refractivity (Wildman–Crippen MR) is 62.0 cm³/mol. The minimum atomic E-state index is -0.913. The van der Waals surface area contributed by atoms with Crippen LogP contribution in [0.1, 0.15) is 25.5 Å². The van der Waals surface area contributed by atoms with Crippen molar-refractivity contribution in [2.24, 2.45) is 0 Å². The van der Waals surface area contributed by atoms with Crippen LogP contribution in [0.4, 0.5) is 14.6 Å². The summed E-state index contributed by atoms with van der Waals surface area (Å²) in [5, 5.41) is 4.25. The number of halogens is 2. The Morgan fingerprint density at radius 2 is 1.88 bits per heavy atom. The summed E-state index contributed by atoms with van der Waals surface area (Å²) in [4.78, 5) is 0. The van der Waals surface area contributed by atoms with E-state index in [9.17, 15) is 8.78 Å². The highest BCUT2D eigenvalue weighted by Gasteiger charge is 2.11. The molecular formula is C12H13F2N3. The smallest absolute Gasteiger partial charge is 0.160 e. The molecule has 0 amide bonds. The van der Waals surface area contributed by atoms with Gasteiger partial charge in [-0.05, 0) is 18.1 Å². The molecule has 0 unspecified atom stereocenters. The van der Waals surface area contributed by atoms with Gasteiger partial charge < -0.3 is 5.73 Å². The Bertz CT molecular complexity index is 547. The molecule has 2 rings (SSSR count). The molecule has 0 spiro atoms. The molecule has 3 nitrogen and oxygen atoms in total. The summed E-state index contributed by atoms with van der Waals surface area (Å²) in [5.74, 6) is -1.17. The Morgan fingerprint density at radius 3 is 2.41 bits per heavy atom. The van der Waals surface area contributed by atoms with E-state index in [0.717, 1.165) is 17.8 Å². The maximum absolute atomic E-state index is 13.1. The van der Waals surface area contributed by atoms with E-state index in [1.165, 1.54) is 10.7 Å². The van der Waals surface area contributed by atoms with Crippen LogP contribution in [0, 0.1) is 11.6 Å². The minimum Gasteiger partial charge on any atom is -0.384 e. The Balaban J connectivity index is 2.49. The molecule has 0 saturated heterocycles. The highest BCUT2D eigenvalue weighted by atomic mass is 19.2. The maximum Gasteiger partial charge on any atom is 0.160 e. The van der Waals surface area contributed by atoms with Gasteiger partial charge in [0.2, 0.25) is 0 Å². The number of hydrogen-bond acceptors (Lipinski definition) is 2. The van der Waals surface area contributed by atoms with Crippen LogP contribution in [0.25, 0.3) is 5.69 Å². The molecule has 0 aliphatic rings. The fourth-order valence-electron chi connectivity index (χ4n) is 1.52. The van der Waals surface area contributed by atoms with Gasteiger partial charge in [-0.15, -0.1) is 0 Å². The highest BCUT2D eigenvalue weighted by Crippen LogP contribution is 2.20. The van der Waals surface area contributed by atoms with Crippen LogP contribution >= 0.6 is 0 Å². The Hall–Kier alpha value is -1.91. The second-order valence-corrected chi connectivity index (χ2v) is 4.16. The van der Waals surface area contributed by atoms with Crippen molar-refractivity contribution in [2.75, 3.05) is 5.73 Å². The van der Waals surface area contributed by atoms with Crippen molar-refractivity contribution in [3.63, 3.8) is 0 Å². The van der Waals surface area contributed by atoms with E-state index >= 15 is 0 Å². The lowest BCUT2D eigenvalue weighted by molar-refractivity contribution is 0.507. The summed E-state index contributed by atoms with van der Waals surface area (Å²) in [6.45, 7) is 3.97. The lowest BCUT2D eigenvalue weighted by atomic mass is 10.1. The van der Waals surface area contributed by atoms with Crippen LogP contribution in [0.5, 0.6) is 0 Å². The van der Waals surface area contributed by atoms with Crippen molar-refractivity contribution < 1.29 is 8.78 Å². The van der Waals surface area contributed by atoms with Crippen LogP contribution in [-0.2, 0) is 0 Å². The standard InChI is InChI=1S/C12H13F2N3/c1-7(2)11-6-12(15)17(16-11)8-3-4-9(13)10(14)5-8/h3-7H,15H2,1-2H3. The average molecular weight is 237 g/mol. The highest BCUT2D eigenvalue weighted by molar-refractivity contribution is 5.43. The molecule has 0 saturated carbocycles. The van der Waals surface area contributed by atoms with Gasteiger partial charge in [-0.1, -0.05) is 13.8 Å². The number of benzene rings is 1. The predicted octanol–water partition coefficient (Wildman–Crippen LogP) is 2.86. The number of anilines is 1. The van der Waals surface area contributed by atoms with E-state index in [1.807, 2.05) is 13.8 Å². The first kappa shape index (κ1) is 11.6. The second-order valence-electron chi connectivity index (χ2n) is 4.16. The van der Waals surface area contributed by atoms with Crippen LogP contribution in [0.2, 0.25) is 0 Å². The zero-order valence-corrected chi connectivity index (χ0v) is 9.61. The second kappa shape index (κ2) is 4.16. The fraction of sp³-hybridized carbons (Fsp3) is 0.250. The third kappa shape index (κ3) is 2.13. The van der Waals surface area contributed by atoms with E-state index in [4.69, 9.17) is 5.73 Å². The normalized spacial score (nSPS) is 11.1. The number of nitrogen functional groups attached to an aromatic ring is 1. The van der Waals surface area contributed by atoms with Crippen LogP contribution in [0.15, 0.2) is 24.3 Å². The molecule has 2 aromatic rings. The first-order chi connectivity index (χ1) is 7.99. The minimum absolute atomic E-state index is 0.226. The molecule has 90 valence electrons. The third-order valence-electron chi connectivity index (χ3n) is 2.50. The van der Waals surface area contributed by atoms with Crippen LogP contribution < -0.4 is 5.73 Å². The number of nitrogens with two attached hydrogens (primary N) is 1. The van der Waals surface area contributed by atoms with Gasteiger partial charge in [0.15, 0.2) is 11.6 Å². The summed E-state index contributed by atoms with van der Waals surface area (Å²) < 4.78 is 27.3. The van der Waals surface area contributed by atoms with Gasteiger partial charge in [0, 0.05) is 12.1 Å². The molecule has 17 heavy (non-hydrogen) atoms. The Labute approximate surface area is 97.9 Å². The van der Waals surface area contributed by atoms with Crippen molar-refractivity contribution in [1.29, 1.82) is 0 Å². The topological polar surface area (TPSA) is 43.8 Å². The van der Waals surface area contributed by atoms with Gasteiger partial charge in [0.05, 0.1) is 11.4 Å². The van der Waals surface area contributed by atoms with E-state index in [0.29, 0.717) is 11.5 Å². The summed E-state index contributed by atoms with van der Waals surface area (Å²) in [5.41, 5.74) is 7.01. The summed E-state index contributed by atoms with van der Waals surface area (Å²) in [7, 11) is 0. The molecule has 1 aromatic carbocycles. The molecule has 0 aliphatic carbocycles. The zero-order valence-electron chi connectivity index (χ0n) is 9.61. The molecule has 5 heteroatoms. The number of nitrogens with zero attached hydrogens (tertiary/aromatic N) is 2. The van der Waals surface area contributed by atoms with Crippen LogP contribution in [-0.4, -0.2) is 9.78 Å². The van der Waals surface area contributed by atoms with Gasteiger partial charge in [0.1, 0.15) is 5.82 Å². The average Bonchev–Trinajstić information content (AvgIpc) is 2.65. The van der Waals surface area contributed by atoms with E-state index in [-0.39, 0.29) is 5.92 Å². The number of aromatic nitrogens is 2. The Kier molecular flexibility index (Phi) is 2.83. The van der Waals surface area contributed by atoms with Gasteiger partial charge >= 0.3 is 0 Å². The molecule has 2 N–H and O–H groups in total. The lowest BCUT2D eigenvalue weighted by Crippen LogP contribution is -2.03. The number of hydrogen-bond donors (Lipinski definition) is 1. The van der Waals surface area contributed by atoms with Gasteiger partial charge in [-0.25, -0.2) is 13.5 Å². The van der Waals surface area contributed by atoms with Gasteiger partial charge in [-0.3, -0.25) is 0 Å². The van der Waals surface area contributed by atoms with Crippen LogP contribution in [0.3, 0.4) is 0 Å². The summed E-state index contributed by atoms with van der Waals surface area (Å²) in [6.07, 6.45) is 0. The molecule has 0 atom stereocenters. The zero-order chi connectivity index (χ0) is 12.6. The fourth-order valence-corrected chi connectivity index (χ4v) is 1.52. The SMILES string of the molecule is CC(C)c1cc(N)n(-c2ccc(F)c(F)c2)n1. The monoisotopic (exact) mass is 237 g/mol. The quantitative estimate of drug-likeness (QED) is 0.872. The van der Waals surface area contributed by atoms with E-state index < -0.39 is 11.6 Å². The van der Waals surface area contributed by atoms with Crippen molar-refractivity contribution in [3.8, 4) is 5.69 Å². The molecule has 1 heterocycles. The van der Waals surface area contributed by atoms with Crippen molar-refractivity contribution >= 4 is 5.82 Å².